The van der Waals surface area contributed by atoms with Crippen molar-refractivity contribution in [2.24, 2.45) is 0 Å². The summed E-state index contributed by atoms with van der Waals surface area (Å²) in [5, 5.41) is 3.27. The SMILES string of the molecule is Cc1nc2ccc3oc4c(-c5cc(-c6c(C)cccc6C)c(C(C)C)cn5)[c-]ccc4c3c2s1.[Ir].[c-]1ccccc1-c1ccccn1. The first-order valence-electron chi connectivity index (χ1n) is 15.5. The van der Waals surface area contributed by atoms with Gasteiger partial charge < -0.3 is 14.4 Å². The molecule has 4 nitrogen and oxygen atoms in total. The second kappa shape index (κ2) is 13.7. The van der Waals surface area contributed by atoms with E-state index >= 15 is 0 Å². The molecule has 0 amide bonds. The average molecular weight is 808 g/mol. The summed E-state index contributed by atoms with van der Waals surface area (Å²) in [5.74, 6) is 0.365. The van der Waals surface area contributed by atoms with Gasteiger partial charge in [-0.15, -0.1) is 65.4 Å². The topological polar surface area (TPSA) is 51.8 Å². The van der Waals surface area contributed by atoms with Crippen molar-refractivity contribution in [3.8, 4) is 33.6 Å². The molecule has 4 aromatic heterocycles. The minimum absolute atomic E-state index is 0. The van der Waals surface area contributed by atoms with Gasteiger partial charge in [-0.3, -0.25) is 0 Å². The van der Waals surface area contributed by atoms with Crippen LogP contribution in [0.3, 0.4) is 0 Å². The number of rotatable bonds is 4. The van der Waals surface area contributed by atoms with E-state index in [2.05, 4.69) is 80.1 Å². The third-order valence-electron chi connectivity index (χ3n) is 8.27. The Morgan fingerprint density at radius 2 is 1.60 bits per heavy atom. The zero-order valence-electron chi connectivity index (χ0n) is 26.9. The monoisotopic (exact) mass is 808 g/mol. The van der Waals surface area contributed by atoms with E-state index < -0.39 is 0 Å². The van der Waals surface area contributed by atoms with Gasteiger partial charge >= 0.3 is 0 Å². The maximum Gasteiger partial charge on any atom is 0.122 e. The summed E-state index contributed by atoms with van der Waals surface area (Å²) in [5.41, 5.74) is 12.8. The summed E-state index contributed by atoms with van der Waals surface area (Å²) in [6, 6.07) is 37.1. The van der Waals surface area contributed by atoms with E-state index in [1.807, 2.05) is 73.8 Å². The molecule has 8 rings (SSSR count). The van der Waals surface area contributed by atoms with Crippen LogP contribution < -0.4 is 0 Å². The van der Waals surface area contributed by atoms with Gasteiger partial charge in [-0.1, -0.05) is 61.2 Å². The third-order valence-corrected chi connectivity index (χ3v) is 9.27. The van der Waals surface area contributed by atoms with Gasteiger partial charge in [0.25, 0.3) is 0 Å². The molecule has 235 valence electrons. The number of aryl methyl sites for hydroxylation is 3. The molecule has 0 saturated carbocycles. The fourth-order valence-corrected chi connectivity index (χ4v) is 7.08. The zero-order valence-corrected chi connectivity index (χ0v) is 30.1. The van der Waals surface area contributed by atoms with Gasteiger partial charge in [-0.25, -0.2) is 4.98 Å². The molecule has 0 fully saturated rings. The molecule has 0 unspecified atom stereocenters. The third kappa shape index (κ3) is 6.29. The molecule has 0 saturated heterocycles. The Balaban J connectivity index is 0.000000250. The second-order valence-electron chi connectivity index (χ2n) is 11.8. The van der Waals surface area contributed by atoms with E-state index in [4.69, 9.17) is 9.40 Å². The molecule has 0 N–H and O–H groups in total. The number of aromatic nitrogens is 3. The van der Waals surface area contributed by atoms with Crippen molar-refractivity contribution in [2.75, 3.05) is 0 Å². The first-order chi connectivity index (χ1) is 22.4. The van der Waals surface area contributed by atoms with Crippen LogP contribution in [0.2, 0.25) is 0 Å². The molecule has 4 heterocycles. The molecule has 0 spiro atoms. The molecule has 8 aromatic rings. The smallest absolute Gasteiger partial charge is 0.122 e. The maximum absolute atomic E-state index is 6.43. The fraction of sp³-hybridized carbons (Fsp3) is 0.146. The number of thiazole rings is 1. The Bertz CT molecular complexity index is 2270. The van der Waals surface area contributed by atoms with Crippen LogP contribution >= 0.6 is 11.3 Å². The standard InChI is InChI=1S/C30H25N2OS.C11H8N.Ir/c1-16(2)23-15-31-25(14-22(23)27-17(3)8-6-9-18(27)4)20-10-7-11-21-28-26(33-29(20)21)13-12-24-30(28)34-19(5)32-24;1-2-6-10(7-3-1)11-8-4-5-9-12-11;/h6-9,11-16H,1-5H3;1-6,8-9H;/q2*-1;. The van der Waals surface area contributed by atoms with Crippen molar-refractivity contribution in [3.05, 3.63) is 137 Å². The normalized spacial score (nSPS) is 11.1. The van der Waals surface area contributed by atoms with E-state index in [0.717, 1.165) is 55.0 Å². The predicted molar refractivity (Wildman–Crippen MR) is 191 cm³/mol. The minimum atomic E-state index is 0. The van der Waals surface area contributed by atoms with E-state index in [0.29, 0.717) is 5.92 Å². The first kappa shape index (κ1) is 32.5. The number of hydrogen-bond donors (Lipinski definition) is 0. The van der Waals surface area contributed by atoms with Gasteiger partial charge in [-0.05, 0) is 84.1 Å². The van der Waals surface area contributed by atoms with Crippen molar-refractivity contribution >= 4 is 43.5 Å². The molecule has 0 aliphatic rings. The Labute approximate surface area is 292 Å². The Kier molecular flexibility index (Phi) is 9.47. The van der Waals surface area contributed by atoms with Crippen molar-refractivity contribution in [2.45, 2.75) is 40.5 Å². The van der Waals surface area contributed by atoms with Crippen molar-refractivity contribution in [1.29, 1.82) is 0 Å². The van der Waals surface area contributed by atoms with Crippen molar-refractivity contribution in [1.82, 2.24) is 15.0 Å². The molecule has 47 heavy (non-hydrogen) atoms. The van der Waals surface area contributed by atoms with Gasteiger partial charge in [0, 0.05) is 37.9 Å². The minimum Gasteiger partial charge on any atom is -0.501 e. The molecule has 0 aliphatic carbocycles. The van der Waals surface area contributed by atoms with E-state index in [1.165, 1.54) is 32.5 Å². The summed E-state index contributed by atoms with van der Waals surface area (Å²) < 4.78 is 7.61. The van der Waals surface area contributed by atoms with Crippen molar-refractivity contribution in [3.63, 3.8) is 0 Å². The van der Waals surface area contributed by atoms with Gasteiger partial charge in [0.05, 0.1) is 20.8 Å². The Morgan fingerprint density at radius 1 is 0.787 bits per heavy atom. The summed E-state index contributed by atoms with van der Waals surface area (Å²) >= 11 is 1.71. The summed E-state index contributed by atoms with van der Waals surface area (Å²) in [4.78, 5) is 13.8. The van der Waals surface area contributed by atoms with Gasteiger partial charge in [-0.2, -0.15) is 0 Å². The molecule has 1 radical (unpaired) electrons. The Morgan fingerprint density at radius 3 is 2.32 bits per heavy atom. The molecular weight excluding hydrogens is 775 g/mol. The summed E-state index contributed by atoms with van der Waals surface area (Å²) in [6.45, 7) is 10.9. The van der Waals surface area contributed by atoms with Crippen LogP contribution in [-0.2, 0) is 20.1 Å². The van der Waals surface area contributed by atoms with Gasteiger partial charge in [0.1, 0.15) is 5.58 Å². The predicted octanol–water partition coefficient (Wildman–Crippen LogP) is 11.3. The molecule has 0 aliphatic heterocycles. The largest absolute Gasteiger partial charge is 0.501 e. The van der Waals surface area contributed by atoms with Crippen LogP contribution in [-0.4, -0.2) is 15.0 Å². The quantitative estimate of drug-likeness (QED) is 0.166. The van der Waals surface area contributed by atoms with Crippen LogP contribution in [0.5, 0.6) is 0 Å². The van der Waals surface area contributed by atoms with Crippen LogP contribution in [0.1, 0.15) is 41.5 Å². The van der Waals surface area contributed by atoms with Gasteiger partial charge in [0.15, 0.2) is 0 Å². The fourth-order valence-electron chi connectivity index (χ4n) is 6.11. The summed E-state index contributed by atoms with van der Waals surface area (Å²) in [7, 11) is 0. The molecular formula is C41H33IrN3OS-2. The molecule has 4 aromatic carbocycles. The number of nitrogens with zero attached hydrogens (tertiary/aromatic N) is 3. The van der Waals surface area contributed by atoms with E-state index in [-0.39, 0.29) is 20.1 Å². The maximum atomic E-state index is 6.43. The molecule has 6 heteroatoms. The number of hydrogen-bond acceptors (Lipinski definition) is 5. The van der Waals surface area contributed by atoms with E-state index in [9.17, 15) is 0 Å². The van der Waals surface area contributed by atoms with Crippen LogP contribution in [0.25, 0.3) is 65.8 Å². The first-order valence-corrected chi connectivity index (χ1v) is 16.3. The number of pyridine rings is 2. The van der Waals surface area contributed by atoms with Crippen molar-refractivity contribution < 1.29 is 24.5 Å². The molecule has 0 atom stereocenters. The number of benzene rings is 4. The van der Waals surface area contributed by atoms with Crippen LogP contribution in [0.15, 0.2) is 108 Å². The summed E-state index contributed by atoms with van der Waals surface area (Å²) in [6.07, 6.45) is 3.82. The molecule has 0 bridgehead atoms. The van der Waals surface area contributed by atoms with Crippen LogP contribution in [0, 0.1) is 32.9 Å². The number of furan rings is 1. The van der Waals surface area contributed by atoms with Crippen LogP contribution in [0.4, 0.5) is 0 Å². The Hall–Kier alpha value is -4.48. The number of fused-ring (bicyclic) bond motifs is 5. The average Bonchev–Trinajstić information content (AvgIpc) is 3.65. The van der Waals surface area contributed by atoms with Gasteiger partial charge in [0.2, 0.25) is 0 Å². The zero-order chi connectivity index (χ0) is 31.8. The second-order valence-corrected chi connectivity index (χ2v) is 13.0. The van der Waals surface area contributed by atoms with E-state index in [1.54, 1.807) is 17.5 Å².